The third-order valence-electron chi connectivity index (χ3n) is 4.42. The number of hydrogen-bond acceptors (Lipinski definition) is 3. The molecular formula is C18H23NOS. The SMILES string of the molecule is CNC(CC1OCCc2ccccc21)c1cc(C)c(C)s1. The molecule has 2 unspecified atom stereocenters. The Morgan fingerprint density at radius 3 is 2.86 bits per heavy atom. The number of benzene rings is 1. The Kier molecular flexibility index (Phi) is 4.43. The zero-order valence-electron chi connectivity index (χ0n) is 13.0. The quantitative estimate of drug-likeness (QED) is 0.907. The average Bonchev–Trinajstić information content (AvgIpc) is 2.84. The summed E-state index contributed by atoms with van der Waals surface area (Å²) >= 11 is 1.90. The number of rotatable bonds is 4. The monoisotopic (exact) mass is 301 g/mol. The van der Waals surface area contributed by atoms with Crippen LogP contribution in [0.1, 0.15) is 45.0 Å². The van der Waals surface area contributed by atoms with Crippen molar-refractivity contribution in [1.82, 2.24) is 5.32 Å². The van der Waals surface area contributed by atoms with E-state index in [-0.39, 0.29) is 6.10 Å². The molecule has 0 saturated carbocycles. The second-order valence-corrected chi connectivity index (χ2v) is 7.06. The van der Waals surface area contributed by atoms with Crippen molar-refractivity contribution in [3.8, 4) is 0 Å². The summed E-state index contributed by atoms with van der Waals surface area (Å²) in [4.78, 5) is 2.83. The van der Waals surface area contributed by atoms with Crippen LogP contribution in [0.5, 0.6) is 0 Å². The predicted octanol–water partition coefficient (Wildman–Crippen LogP) is 4.33. The first-order valence-corrected chi connectivity index (χ1v) is 8.44. The van der Waals surface area contributed by atoms with Crippen molar-refractivity contribution in [3.63, 3.8) is 0 Å². The van der Waals surface area contributed by atoms with Gasteiger partial charge in [0.05, 0.1) is 12.7 Å². The van der Waals surface area contributed by atoms with E-state index in [0.29, 0.717) is 6.04 Å². The van der Waals surface area contributed by atoms with E-state index < -0.39 is 0 Å². The molecule has 3 rings (SSSR count). The van der Waals surface area contributed by atoms with Gasteiger partial charge in [-0.2, -0.15) is 0 Å². The number of nitrogens with one attached hydrogen (secondary N) is 1. The smallest absolute Gasteiger partial charge is 0.0846 e. The van der Waals surface area contributed by atoms with Gasteiger partial charge in [-0.3, -0.25) is 0 Å². The molecule has 1 N–H and O–H groups in total. The first-order chi connectivity index (χ1) is 10.2. The molecule has 2 nitrogen and oxygen atoms in total. The number of aryl methyl sites for hydroxylation is 2. The van der Waals surface area contributed by atoms with Gasteiger partial charge < -0.3 is 10.1 Å². The zero-order valence-corrected chi connectivity index (χ0v) is 13.8. The number of ether oxygens (including phenoxy) is 1. The third-order valence-corrected chi connectivity index (χ3v) is 5.69. The van der Waals surface area contributed by atoms with Crippen molar-refractivity contribution in [3.05, 3.63) is 56.8 Å². The summed E-state index contributed by atoms with van der Waals surface area (Å²) in [7, 11) is 2.05. The van der Waals surface area contributed by atoms with Crippen LogP contribution >= 0.6 is 11.3 Å². The lowest BCUT2D eigenvalue weighted by Crippen LogP contribution is -2.23. The standard InChI is InChI=1S/C18H23NOS/c1-12-10-18(21-13(12)2)16(19-3)11-17-15-7-5-4-6-14(15)8-9-20-17/h4-7,10,16-17,19H,8-9,11H2,1-3H3. The molecule has 0 amide bonds. The van der Waals surface area contributed by atoms with Gasteiger partial charge in [0.15, 0.2) is 0 Å². The summed E-state index contributed by atoms with van der Waals surface area (Å²) in [5, 5.41) is 3.47. The third kappa shape index (κ3) is 3.05. The molecule has 2 heterocycles. The minimum Gasteiger partial charge on any atom is -0.373 e. The topological polar surface area (TPSA) is 21.3 Å². The summed E-state index contributed by atoms with van der Waals surface area (Å²) in [5.41, 5.74) is 4.20. The van der Waals surface area contributed by atoms with Gasteiger partial charge in [-0.1, -0.05) is 24.3 Å². The van der Waals surface area contributed by atoms with Gasteiger partial charge in [0.1, 0.15) is 0 Å². The Balaban J connectivity index is 1.82. The van der Waals surface area contributed by atoms with Crippen molar-refractivity contribution in [1.29, 1.82) is 0 Å². The molecule has 0 bridgehead atoms. The average molecular weight is 301 g/mol. The summed E-state index contributed by atoms with van der Waals surface area (Å²) in [5.74, 6) is 0. The van der Waals surface area contributed by atoms with Crippen LogP contribution in [0.15, 0.2) is 30.3 Å². The van der Waals surface area contributed by atoms with Crippen molar-refractivity contribution >= 4 is 11.3 Å². The molecule has 0 fully saturated rings. The van der Waals surface area contributed by atoms with E-state index >= 15 is 0 Å². The molecule has 2 aromatic rings. The van der Waals surface area contributed by atoms with E-state index in [1.54, 1.807) is 0 Å². The van der Waals surface area contributed by atoms with Crippen molar-refractivity contribution in [2.45, 2.75) is 38.8 Å². The van der Waals surface area contributed by atoms with Gasteiger partial charge in [0.25, 0.3) is 0 Å². The number of fused-ring (bicyclic) bond motifs is 1. The number of hydrogen-bond donors (Lipinski definition) is 1. The lowest BCUT2D eigenvalue weighted by molar-refractivity contribution is 0.0301. The van der Waals surface area contributed by atoms with Gasteiger partial charge in [0.2, 0.25) is 0 Å². The molecule has 3 heteroatoms. The molecule has 0 spiro atoms. The fourth-order valence-electron chi connectivity index (χ4n) is 3.04. The van der Waals surface area contributed by atoms with Crippen LogP contribution in [0.25, 0.3) is 0 Å². The van der Waals surface area contributed by atoms with Crippen LogP contribution in [0.3, 0.4) is 0 Å². The summed E-state index contributed by atoms with van der Waals surface area (Å²) in [6, 6.07) is 11.4. The van der Waals surface area contributed by atoms with E-state index in [1.807, 2.05) is 18.4 Å². The molecule has 0 aliphatic carbocycles. The van der Waals surface area contributed by atoms with Crippen molar-refractivity contribution < 1.29 is 4.74 Å². The first kappa shape index (κ1) is 14.8. The lowest BCUT2D eigenvalue weighted by Gasteiger charge is -2.29. The molecular weight excluding hydrogens is 278 g/mol. The highest BCUT2D eigenvalue weighted by molar-refractivity contribution is 7.12. The highest BCUT2D eigenvalue weighted by Crippen LogP contribution is 2.36. The molecule has 1 aromatic heterocycles. The first-order valence-electron chi connectivity index (χ1n) is 7.62. The summed E-state index contributed by atoms with van der Waals surface area (Å²) < 4.78 is 6.06. The van der Waals surface area contributed by atoms with E-state index in [1.165, 1.54) is 26.4 Å². The maximum Gasteiger partial charge on any atom is 0.0846 e. The maximum atomic E-state index is 6.06. The molecule has 1 aliphatic heterocycles. The Morgan fingerprint density at radius 2 is 2.14 bits per heavy atom. The predicted molar refractivity (Wildman–Crippen MR) is 89.0 cm³/mol. The second-order valence-electron chi connectivity index (χ2n) is 5.77. The molecule has 1 aliphatic rings. The van der Waals surface area contributed by atoms with Gasteiger partial charge in [-0.05, 0) is 56.5 Å². The normalized spacial score (nSPS) is 19.3. The maximum absolute atomic E-state index is 6.06. The Labute approximate surface area is 131 Å². The molecule has 21 heavy (non-hydrogen) atoms. The number of thiophene rings is 1. The molecule has 0 radical (unpaired) electrons. The fourth-order valence-corrected chi connectivity index (χ4v) is 4.20. The molecule has 2 atom stereocenters. The van der Waals surface area contributed by atoms with E-state index in [2.05, 4.69) is 49.5 Å². The van der Waals surface area contributed by atoms with E-state index in [9.17, 15) is 0 Å². The summed E-state index contributed by atoms with van der Waals surface area (Å²) in [6.45, 7) is 5.22. The largest absolute Gasteiger partial charge is 0.373 e. The van der Waals surface area contributed by atoms with Crippen LogP contribution in [0.4, 0.5) is 0 Å². The lowest BCUT2D eigenvalue weighted by atomic mass is 9.93. The van der Waals surface area contributed by atoms with Crippen LogP contribution in [-0.4, -0.2) is 13.7 Å². The van der Waals surface area contributed by atoms with Crippen LogP contribution in [0, 0.1) is 13.8 Å². The van der Waals surface area contributed by atoms with Gasteiger partial charge in [-0.25, -0.2) is 0 Å². The highest BCUT2D eigenvalue weighted by Gasteiger charge is 2.25. The Morgan fingerprint density at radius 1 is 1.33 bits per heavy atom. The zero-order chi connectivity index (χ0) is 14.8. The van der Waals surface area contributed by atoms with Gasteiger partial charge in [0, 0.05) is 15.8 Å². The van der Waals surface area contributed by atoms with Crippen molar-refractivity contribution in [2.24, 2.45) is 0 Å². The highest BCUT2D eigenvalue weighted by atomic mass is 32.1. The van der Waals surface area contributed by atoms with Crippen LogP contribution in [0.2, 0.25) is 0 Å². The Bertz CT molecular complexity index is 600. The van der Waals surface area contributed by atoms with Gasteiger partial charge in [-0.15, -0.1) is 11.3 Å². The van der Waals surface area contributed by atoms with E-state index in [0.717, 1.165) is 19.4 Å². The summed E-state index contributed by atoms with van der Waals surface area (Å²) in [6.07, 6.45) is 2.23. The minimum atomic E-state index is 0.204. The van der Waals surface area contributed by atoms with Gasteiger partial charge >= 0.3 is 0 Å². The molecule has 1 aromatic carbocycles. The van der Waals surface area contributed by atoms with Crippen LogP contribution in [-0.2, 0) is 11.2 Å². The molecule has 0 saturated heterocycles. The van der Waals surface area contributed by atoms with Crippen LogP contribution < -0.4 is 5.32 Å². The molecule has 112 valence electrons. The second kappa shape index (κ2) is 6.30. The Hall–Kier alpha value is -1.16. The van der Waals surface area contributed by atoms with E-state index in [4.69, 9.17) is 4.74 Å². The fraction of sp³-hybridized carbons (Fsp3) is 0.444. The van der Waals surface area contributed by atoms with Crippen molar-refractivity contribution in [2.75, 3.05) is 13.7 Å². The minimum absolute atomic E-state index is 0.204.